The lowest BCUT2D eigenvalue weighted by molar-refractivity contribution is 0.0730. The van der Waals surface area contributed by atoms with Crippen molar-refractivity contribution in [2.75, 3.05) is 31.6 Å². The number of carbonyl (C=O) groups excluding carboxylic acids is 1. The highest BCUT2D eigenvalue weighted by molar-refractivity contribution is 7.89. The number of aryl methyl sites for hydroxylation is 1. The Morgan fingerprint density at radius 2 is 1.70 bits per heavy atom. The second-order valence-corrected chi connectivity index (χ2v) is 8.04. The number of sulfonamides is 1. The molecule has 0 bridgehead atoms. The average Bonchev–Trinajstić information content (AvgIpc) is 2.63. The van der Waals surface area contributed by atoms with Crippen molar-refractivity contribution >= 4 is 21.6 Å². The molecule has 9 heteroatoms. The first-order chi connectivity index (χ1) is 12.8. The quantitative estimate of drug-likeness (QED) is 0.862. The highest BCUT2D eigenvalue weighted by Crippen LogP contribution is 2.24. The summed E-state index contributed by atoms with van der Waals surface area (Å²) < 4.78 is 58.6. The van der Waals surface area contributed by atoms with Gasteiger partial charge in [-0.1, -0.05) is 6.07 Å². The van der Waals surface area contributed by atoms with Crippen molar-refractivity contribution in [2.24, 2.45) is 0 Å². The fraction of sp³-hybridized carbons (Fsp3) is 0.278. The van der Waals surface area contributed by atoms with E-state index in [2.05, 4.69) is 5.32 Å². The molecule has 27 heavy (non-hydrogen) atoms. The summed E-state index contributed by atoms with van der Waals surface area (Å²) in [6.07, 6.45) is 0. The first-order valence-corrected chi connectivity index (χ1v) is 9.67. The van der Waals surface area contributed by atoms with Gasteiger partial charge in [0.25, 0.3) is 5.91 Å². The molecule has 0 aromatic heterocycles. The second kappa shape index (κ2) is 7.71. The molecule has 0 unspecified atom stereocenters. The van der Waals surface area contributed by atoms with Crippen molar-refractivity contribution in [1.29, 1.82) is 0 Å². The maximum Gasteiger partial charge on any atom is 0.255 e. The lowest BCUT2D eigenvalue weighted by Gasteiger charge is -2.26. The van der Waals surface area contributed by atoms with E-state index in [1.807, 2.05) is 0 Å². The number of hydrogen-bond donors (Lipinski definition) is 1. The molecule has 1 N–H and O–H groups in total. The summed E-state index contributed by atoms with van der Waals surface area (Å²) in [5.41, 5.74) is 0.661. The molecule has 0 spiro atoms. The summed E-state index contributed by atoms with van der Waals surface area (Å²) in [5, 5.41) is 2.52. The van der Waals surface area contributed by atoms with Crippen LogP contribution in [0.1, 0.15) is 15.9 Å². The second-order valence-electron chi connectivity index (χ2n) is 6.11. The average molecular weight is 396 g/mol. The summed E-state index contributed by atoms with van der Waals surface area (Å²) in [6, 6.07) is 6.84. The third-order valence-corrected chi connectivity index (χ3v) is 6.08. The van der Waals surface area contributed by atoms with Crippen LogP contribution >= 0.6 is 0 Å². The van der Waals surface area contributed by atoms with Crippen molar-refractivity contribution in [3.05, 3.63) is 59.2 Å². The zero-order valence-corrected chi connectivity index (χ0v) is 15.4. The van der Waals surface area contributed by atoms with Crippen LogP contribution in [0.25, 0.3) is 0 Å². The van der Waals surface area contributed by atoms with E-state index >= 15 is 0 Å². The maximum absolute atomic E-state index is 13.3. The number of carbonyl (C=O) groups is 1. The number of nitrogens with one attached hydrogen (secondary N) is 1. The van der Waals surface area contributed by atoms with E-state index in [0.29, 0.717) is 24.8 Å². The van der Waals surface area contributed by atoms with Crippen LogP contribution in [0.4, 0.5) is 14.5 Å². The number of anilines is 1. The number of rotatable bonds is 4. The normalized spacial score (nSPS) is 15.5. The molecule has 0 atom stereocenters. The van der Waals surface area contributed by atoms with Crippen molar-refractivity contribution < 1.29 is 26.7 Å². The zero-order chi connectivity index (χ0) is 19.6. The molecule has 0 radical (unpaired) electrons. The topological polar surface area (TPSA) is 75.7 Å². The Morgan fingerprint density at radius 1 is 1.07 bits per heavy atom. The van der Waals surface area contributed by atoms with Gasteiger partial charge in [-0.3, -0.25) is 4.79 Å². The molecule has 0 aliphatic carbocycles. The number of benzene rings is 2. The minimum Gasteiger partial charge on any atom is -0.379 e. The number of halogens is 2. The van der Waals surface area contributed by atoms with Gasteiger partial charge in [0.05, 0.1) is 18.1 Å². The molecule has 1 saturated heterocycles. The molecule has 0 saturated carbocycles. The molecule has 2 aromatic carbocycles. The summed E-state index contributed by atoms with van der Waals surface area (Å²) in [4.78, 5) is 12.3. The Kier molecular flexibility index (Phi) is 5.54. The van der Waals surface area contributed by atoms with Crippen LogP contribution < -0.4 is 5.32 Å². The Bertz CT molecular complexity index is 953. The molecule has 144 valence electrons. The Balaban J connectivity index is 1.88. The van der Waals surface area contributed by atoms with Gasteiger partial charge in [-0.2, -0.15) is 4.31 Å². The maximum atomic E-state index is 13.3. The minimum absolute atomic E-state index is 0.0238. The largest absolute Gasteiger partial charge is 0.379 e. The molecule has 1 aliphatic heterocycles. The van der Waals surface area contributed by atoms with E-state index in [0.717, 1.165) is 12.1 Å². The van der Waals surface area contributed by atoms with E-state index in [4.69, 9.17) is 4.74 Å². The van der Waals surface area contributed by atoms with Crippen LogP contribution in [0.2, 0.25) is 0 Å². The zero-order valence-electron chi connectivity index (χ0n) is 14.5. The van der Waals surface area contributed by atoms with Gasteiger partial charge in [0.1, 0.15) is 11.6 Å². The Morgan fingerprint density at radius 3 is 2.33 bits per heavy atom. The van der Waals surface area contributed by atoms with E-state index in [1.54, 1.807) is 13.0 Å². The molecule has 1 heterocycles. The first-order valence-electron chi connectivity index (χ1n) is 8.23. The third-order valence-electron chi connectivity index (χ3n) is 4.19. The summed E-state index contributed by atoms with van der Waals surface area (Å²) in [7, 11) is -3.73. The monoisotopic (exact) mass is 396 g/mol. The van der Waals surface area contributed by atoms with Gasteiger partial charge >= 0.3 is 0 Å². The van der Waals surface area contributed by atoms with Gasteiger partial charge in [0.2, 0.25) is 10.0 Å². The predicted octanol–water partition coefficient (Wildman–Crippen LogP) is 2.55. The van der Waals surface area contributed by atoms with Crippen molar-refractivity contribution in [3.8, 4) is 0 Å². The molecule has 6 nitrogen and oxygen atoms in total. The van der Waals surface area contributed by atoms with Crippen LogP contribution in [0.3, 0.4) is 0 Å². The standard InChI is InChI=1S/C18H18F2N2O4S/c1-12-2-3-16(27(24,25)22-4-6-26-7-5-22)11-17(12)21-18(23)13-8-14(19)10-15(20)9-13/h2-3,8-11H,4-7H2,1H3,(H,21,23). The van der Waals surface area contributed by atoms with Gasteiger partial charge in [-0.05, 0) is 36.8 Å². The molecule has 2 aromatic rings. The molecular formula is C18H18F2N2O4S. The van der Waals surface area contributed by atoms with Crippen molar-refractivity contribution in [1.82, 2.24) is 4.31 Å². The van der Waals surface area contributed by atoms with Crippen LogP contribution in [-0.2, 0) is 14.8 Å². The minimum atomic E-state index is -3.73. The number of ether oxygens (including phenoxy) is 1. The molecule has 1 fully saturated rings. The molecule has 3 rings (SSSR count). The highest BCUT2D eigenvalue weighted by atomic mass is 32.2. The molecular weight excluding hydrogens is 378 g/mol. The molecule has 1 amide bonds. The number of hydrogen-bond acceptors (Lipinski definition) is 4. The van der Waals surface area contributed by atoms with Crippen LogP contribution in [0.5, 0.6) is 0 Å². The van der Waals surface area contributed by atoms with E-state index < -0.39 is 27.6 Å². The SMILES string of the molecule is Cc1ccc(S(=O)(=O)N2CCOCC2)cc1NC(=O)c1cc(F)cc(F)c1. The fourth-order valence-corrected chi connectivity index (χ4v) is 4.15. The lowest BCUT2D eigenvalue weighted by atomic mass is 10.1. The van der Waals surface area contributed by atoms with E-state index in [1.165, 1.54) is 16.4 Å². The Hall–Kier alpha value is -2.36. The number of nitrogens with zero attached hydrogens (tertiary/aromatic N) is 1. The summed E-state index contributed by atoms with van der Waals surface area (Å²) in [5.74, 6) is -2.49. The van der Waals surface area contributed by atoms with Gasteiger partial charge in [-0.15, -0.1) is 0 Å². The predicted molar refractivity (Wildman–Crippen MR) is 95.1 cm³/mol. The van der Waals surface area contributed by atoms with Gasteiger partial charge < -0.3 is 10.1 Å². The third kappa shape index (κ3) is 4.32. The van der Waals surface area contributed by atoms with Gasteiger partial charge in [-0.25, -0.2) is 17.2 Å². The fourth-order valence-electron chi connectivity index (χ4n) is 2.71. The van der Waals surface area contributed by atoms with Gasteiger partial charge in [0.15, 0.2) is 0 Å². The summed E-state index contributed by atoms with van der Waals surface area (Å²) >= 11 is 0. The summed E-state index contributed by atoms with van der Waals surface area (Å²) in [6.45, 7) is 2.83. The lowest BCUT2D eigenvalue weighted by Crippen LogP contribution is -2.40. The van der Waals surface area contributed by atoms with Crippen LogP contribution in [-0.4, -0.2) is 44.9 Å². The van der Waals surface area contributed by atoms with Crippen molar-refractivity contribution in [2.45, 2.75) is 11.8 Å². The number of morpholine rings is 1. The van der Waals surface area contributed by atoms with Crippen molar-refractivity contribution in [3.63, 3.8) is 0 Å². The highest BCUT2D eigenvalue weighted by Gasteiger charge is 2.27. The smallest absolute Gasteiger partial charge is 0.255 e. The molecule has 1 aliphatic rings. The first kappa shape index (κ1) is 19.4. The van der Waals surface area contributed by atoms with Crippen LogP contribution in [0.15, 0.2) is 41.3 Å². The van der Waals surface area contributed by atoms with Crippen LogP contribution in [0, 0.1) is 18.6 Å². The van der Waals surface area contributed by atoms with Gasteiger partial charge in [0, 0.05) is 30.4 Å². The van der Waals surface area contributed by atoms with E-state index in [9.17, 15) is 22.0 Å². The Labute approximate surface area is 155 Å². The van der Waals surface area contributed by atoms with E-state index in [-0.39, 0.29) is 29.2 Å². The number of amides is 1.